The minimum atomic E-state index is -4.23. The van der Waals surface area contributed by atoms with Crippen molar-refractivity contribution in [3.8, 4) is 5.75 Å². The fourth-order valence-electron chi connectivity index (χ4n) is 2.43. The maximum Gasteiger partial charge on any atom is 0.393 e. The molecule has 1 unspecified atom stereocenters. The van der Waals surface area contributed by atoms with Gasteiger partial charge in [-0.25, -0.2) is 0 Å². The van der Waals surface area contributed by atoms with Crippen molar-refractivity contribution in [3.63, 3.8) is 0 Å². The van der Waals surface area contributed by atoms with Gasteiger partial charge in [0.15, 0.2) is 5.75 Å². The highest BCUT2D eigenvalue weighted by molar-refractivity contribution is 7.19. The summed E-state index contributed by atoms with van der Waals surface area (Å²) in [4.78, 5) is 13.0. The summed E-state index contributed by atoms with van der Waals surface area (Å²) in [5.74, 6) is -1.89. The number of halogens is 3. The third-order valence-corrected chi connectivity index (χ3v) is 4.74. The number of anilines is 2. The first-order valence-electron chi connectivity index (χ1n) is 6.33. The largest absolute Gasteiger partial charge is 0.492 e. The van der Waals surface area contributed by atoms with Crippen LogP contribution >= 0.6 is 11.3 Å². The van der Waals surface area contributed by atoms with E-state index in [4.69, 9.17) is 16.2 Å². The number of carbonyl (C=O) groups excluding carboxylic acids is 1. The van der Waals surface area contributed by atoms with Crippen molar-refractivity contribution in [2.24, 2.45) is 11.7 Å². The number of hydrogen-bond donors (Lipinski definition) is 2. The molecule has 1 fully saturated rings. The van der Waals surface area contributed by atoms with Gasteiger partial charge in [0.25, 0.3) is 5.91 Å². The summed E-state index contributed by atoms with van der Waals surface area (Å²) in [6.07, 6.45) is -3.72. The molecule has 9 heteroatoms. The lowest BCUT2D eigenvalue weighted by Gasteiger charge is -2.34. The van der Waals surface area contributed by atoms with Crippen molar-refractivity contribution < 1.29 is 22.7 Å². The smallest absolute Gasteiger partial charge is 0.393 e. The highest BCUT2D eigenvalue weighted by Crippen LogP contribution is 2.46. The van der Waals surface area contributed by atoms with Crippen LogP contribution in [0.15, 0.2) is 0 Å². The molecule has 0 aromatic carbocycles. The molecule has 1 aromatic heterocycles. The zero-order valence-corrected chi connectivity index (χ0v) is 12.2. The van der Waals surface area contributed by atoms with E-state index in [1.807, 2.05) is 0 Å². The van der Waals surface area contributed by atoms with Gasteiger partial charge in [-0.05, 0) is 12.8 Å². The summed E-state index contributed by atoms with van der Waals surface area (Å²) in [7, 11) is 1.36. The third kappa shape index (κ3) is 3.02. The first kappa shape index (κ1) is 15.7. The SMILES string of the molecule is COc1c(N2CCCC(C(F)(F)F)C2)sc(C(N)=O)c1N. The highest BCUT2D eigenvalue weighted by atomic mass is 32.1. The van der Waals surface area contributed by atoms with Gasteiger partial charge in [0, 0.05) is 13.1 Å². The Bertz CT molecular complexity index is 545. The summed E-state index contributed by atoms with van der Waals surface area (Å²) in [6, 6.07) is 0. The van der Waals surface area contributed by atoms with Gasteiger partial charge >= 0.3 is 6.18 Å². The summed E-state index contributed by atoms with van der Waals surface area (Å²) in [6.45, 7) is 0.291. The van der Waals surface area contributed by atoms with Crippen molar-refractivity contribution in [2.75, 3.05) is 30.8 Å². The van der Waals surface area contributed by atoms with E-state index in [9.17, 15) is 18.0 Å². The Morgan fingerprint density at radius 3 is 2.67 bits per heavy atom. The van der Waals surface area contributed by atoms with Gasteiger partial charge in [-0.3, -0.25) is 4.79 Å². The Kier molecular flexibility index (Phi) is 4.22. The van der Waals surface area contributed by atoms with Crippen LogP contribution in [0, 0.1) is 5.92 Å². The molecule has 0 bridgehead atoms. The fraction of sp³-hybridized carbons (Fsp3) is 0.583. The van der Waals surface area contributed by atoms with E-state index in [1.54, 1.807) is 4.90 Å². The molecule has 1 saturated heterocycles. The monoisotopic (exact) mass is 323 g/mol. The van der Waals surface area contributed by atoms with Crippen LogP contribution in [0.2, 0.25) is 0 Å². The Morgan fingerprint density at radius 2 is 2.14 bits per heavy atom. The average Bonchev–Trinajstić information content (AvgIpc) is 2.75. The molecule has 0 saturated carbocycles. The first-order valence-corrected chi connectivity index (χ1v) is 7.15. The zero-order valence-electron chi connectivity index (χ0n) is 11.4. The minimum Gasteiger partial charge on any atom is -0.492 e. The molecule has 0 radical (unpaired) electrons. The van der Waals surface area contributed by atoms with Crippen LogP contribution in [0.4, 0.5) is 23.9 Å². The summed E-state index contributed by atoms with van der Waals surface area (Å²) in [5.41, 5.74) is 11.1. The second-order valence-corrected chi connectivity index (χ2v) is 5.87. The molecule has 118 valence electrons. The number of hydrogen-bond acceptors (Lipinski definition) is 5. The van der Waals surface area contributed by atoms with E-state index in [0.29, 0.717) is 18.0 Å². The van der Waals surface area contributed by atoms with Crippen molar-refractivity contribution in [1.82, 2.24) is 0 Å². The number of methoxy groups -OCH3 is 1. The summed E-state index contributed by atoms with van der Waals surface area (Å²) >= 11 is 0.972. The fourth-order valence-corrected chi connectivity index (χ4v) is 3.51. The molecule has 0 aliphatic carbocycles. The van der Waals surface area contributed by atoms with Gasteiger partial charge in [0.1, 0.15) is 15.6 Å². The predicted molar refractivity (Wildman–Crippen MR) is 74.8 cm³/mol. The molecule has 5 nitrogen and oxygen atoms in total. The van der Waals surface area contributed by atoms with Crippen LogP contribution in [0.25, 0.3) is 0 Å². The topological polar surface area (TPSA) is 81.6 Å². The van der Waals surface area contributed by atoms with Crippen LogP contribution in [-0.4, -0.2) is 32.3 Å². The third-order valence-electron chi connectivity index (χ3n) is 3.48. The lowest BCUT2D eigenvalue weighted by Crippen LogP contribution is -2.41. The Morgan fingerprint density at radius 1 is 1.48 bits per heavy atom. The maximum atomic E-state index is 12.9. The lowest BCUT2D eigenvalue weighted by atomic mass is 9.98. The number of carbonyl (C=O) groups is 1. The van der Waals surface area contributed by atoms with Crippen molar-refractivity contribution >= 4 is 27.9 Å². The van der Waals surface area contributed by atoms with E-state index >= 15 is 0 Å². The molecule has 1 aromatic rings. The van der Waals surface area contributed by atoms with E-state index in [0.717, 1.165) is 11.3 Å². The number of rotatable bonds is 3. The number of ether oxygens (including phenoxy) is 1. The summed E-state index contributed by atoms with van der Waals surface area (Å²) < 4.78 is 43.8. The first-order chi connectivity index (χ1) is 9.75. The van der Waals surface area contributed by atoms with Crippen molar-refractivity contribution in [2.45, 2.75) is 19.0 Å². The molecule has 4 N–H and O–H groups in total. The molecule has 2 heterocycles. The second kappa shape index (κ2) is 5.63. The van der Waals surface area contributed by atoms with Crippen LogP contribution in [0.5, 0.6) is 5.75 Å². The van der Waals surface area contributed by atoms with E-state index < -0.39 is 18.0 Å². The number of piperidine rings is 1. The minimum absolute atomic E-state index is 0.0825. The molecular formula is C12H16F3N3O2S. The molecule has 1 amide bonds. The molecule has 1 aliphatic rings. The number of nitrogens with two attached hydrogens (primary N) is 2. The normalized spacial score (nSPS) is 19.6. The number of nitrogen functional groups attached to an aromatic ring is 1. The van der Waals surface area contributed by atoms with Gasteiger partial charge < -0.3 is 21.1 Å². The van der Waals surface area contributed by atoms with Gasteiger partial charge in [0.05, 0.1) is 13.0 Å². The van der Waals surface area contributed by atoms with Gasteiger partial charge in [0.2, 0.25) is 0 Å². The maximum absolute atomic E-state index is 12.9. The number of alkyl halides is 3. The number of primary amides is 1. The Labute approximate surface area is 123 Å². The van der Waals surface area contributed by atoms with Crippen molar-refractivity contribution in [1.29, 1.82) is 0 Å². The molecule has 2 rings (SSSR count). The van der Waals surface area contributed by atoms with Crippen molar-refractivity contribution in [3.05, 3.63) is 4.88 Å². The Balaban J connectivity index is 2.33. The number of nitrogens with zero attached hydrogens (tertiary/aromatic N) is 1. The number of thiophene rings is 1. The van der Waals surface area contributed by atoms with Crippen LogP contribution in [0.1, 0.15) is 22.5 Å². The molecular weight excluding hydrogens is 307 g/mol. The van der Waals surface area contributed by atoms with Crippen LogP contribution in [-0.2, 0) is 0 Å². The van der Waals surface area contributed by atoms with Crippen LogP contribution < -0.4 is 21.1 Å². The number of amides is 1. The molecule has 1 aliphatic heterocycles. The van der Waals surface area contributed by atoms with Gasteiger partial charge in [-0.2, -0.15) is 13.2 Å². The Hall–Kier alpha value is -1.64. The highest BCUT2D eigenvalue weighted by Gasteiger charge is 2.42. The molecule has 21 heavy (non-hydrogen) atoms. The standard InChI is InChI=1S/C12H16F3N3O2S/c1-20-8-7(16)9(10(17)19)21-11(8)18-4-2-3-6(5-18)12(13,14)15/h6H,2-5,16H2,1H3,(H2,17,19). The van der Waals surface area contributed by atoms with E-state index in [-0.39, 0.29) is 29.3 Å². The van der Waals surface area contributed by atoms with E-state index in [1.165, 1.54) is 7.11 Å². The quantitative estimate of drug-likeness (QED) is 0.893. The summed E-state index contributed by atoms with van der Waals surface area (Å²) in [5, 5.41) is 0.428. The average molecular weight is 323 g/mol. The zero-order chi connectivity index (χ0) is 15.8. The lowest BCUT2D eigenvalue weighted by molar-refractivity contribution is -0.175. The molecule has 0 spiro atoms. The van der Waals surface area contributed by atoms with Gasteiger partial charge in [-0.1, -0.05) is 0 Å². The van der Waals surface area contributed by atoms with Crippen LogP contribution in [0.3, 0.4) is 0 Å². The van der Waals surface area contributed by atoms with E-state index in [2.05, 4.69) is 0 Å². The van der Waals surface area contributed by atoms with Gasteiger partial charge in [-0.15, -0.1) is 11.3 Å². The molecule has 1 atom stereocenters. The second-order valence-electron chi connectivity index (χ2n) is 4.87. The predicted octanol–water partition coefficient (Wildman–Crippen LogP) is 2.22.